The molecule has 1 aliphatic rings. The lowest BCUT2D eigenvalue weighted by atomic mass is 10.1. The Kier molecular flexibility index (Phi) is 7.12. The van der Waals surface area contributed by atoms with Crippen LogP contribution in [0.15, 0.2) is 30.9 Å². The number of piperazine rings is 1. The molecule has 0 aromatic heterocycles. The monoisotopic (exact) mass is 372 g/mol. The summed E-state index contributed by atoms with van der Waals surface area (Å²) < 4.78 is 0. The molecule has 0 spiro atoms. The summed E-state index contributed by atoms with van der Waals surface area (Å²) in [5.74, 6) is -0.340. The minimum Gasteiger partial charge on any atom is -0.336 e. The van der Waals surface area contributed by atoms with Gasteiger partial charge >= 0.3 is 6.03 Å². The van der Waals surface area contributed by atoms with Gasteiger partial charge in [-0.05, 0) is 32.9 Å². The van der Waals surface area contributed by atoms with Crippen LogP contribution in [-0.4, -0.2) is 66.4 Å². The largest absolute Gasteiger partial charge is 0.336 e. The van der Waals surface area contributed by atoms with Gasteiger partial charge in [-0.3, -0.25) is 19.8 Å². The average molecular weight is 372 g/mol. The third kappa shape index (κ3) is 5.65. The predicted octanol–water partition coefficient (Wildman–Crippen LogP) is 1.46. The quantitative estimate of drug-likeness (QED) is 0.767. The van der Waals surface area contributed by atoms with E-state index < -0.39 is 12.1 Å². The van der Waals surface area contributed by atoms with E-state index in [9.17, 15) is 14.4 Å². The number of rotatable bonds is 5. The first kappa shape index (κ1) is 20.6. The fourth-order valence-electron chi connectivity index (χ4n) is 3.18. The first-order chi connectivity index (χ1) is 12.8. The zero-order chi connectivity index (χ0) is 20.0. The van der Waals surface area contributed by atoms with Crippen molar-refractivity contribution in [2.45, 2.75) is 26.8 Å². The Hall–Kier alpha value is -2.67. The van der Waals surface area contributed by atoms with Gasteiger partial charge in [0.15, 0.2) is 0 Å². The molecule has 27 heavy (non-hydrogen) atoms. The second-order valence-electron chi connectivity index (χ2n) is 6.87. The number of hydrogen-bond acceptors (Lipinski definition) is 4. The van der Waals surface area contributed by atoms with E-state index in [-0.39, 0.29) is 11.8 Å². The molecule has 0 radical (unpaired) electrons. The van der Waals surface area contributed by atoms with Gasteiger partial charge < -0.3 is 10.2 Å². The first-order valence-electron chi connectivity index (χ1n) is 9.13. The van der Waals surface area contributed by atoms with Crippen LogP contribution >= 0.6 is 0 Å². The van der Waals surface area contributed by atoms with Crippen molar-refractivity contribution in [3.8, 4) is 0 Å². The molecule has 7 heteroatoms. The molecule has 1 aliphatic heterocycles. The number of imide groups is 1. The van der Waals surface area contributed by atoms with Crippen molar-refractivity contribution < 1.29 is 14.4 Å². The van der Waals surface area contributed by atoms with Gasteiger partial charge in [0.1, 0.15) is 0 Å². The molecule has 2 N–H and O–H groups in total. The van der Waals surface area contributed by atoms with Crippen LogP contribution in [0.25, 0.3) is 0 Å². The third-order valence-corrected chi connectivity index (χ3v) is 4.64. The Bertz CT molecular complexity index is 704. The van der Waals surface area contributed by atoms with Crippen LogP contribution < -0.4 is 10.6 Å². The maximum absolute atomic E-state index is 12.7. The number of nitrogens with one attached hydrogen (secondary N) is 2. The predicted molar refractivity (Wildman–Crippen MR) is 105 cm³/mol. The Morgan fingerprint density at radius 3 is 2.26 bits per heavy atom. The highest BCUT2D eigenvalue weighted by atomic mass is 16.2. The molecule has 0 saturated carbocycles. The average Bonchev–Trinajstić information content (AvgIpc) is 2.64. The Labute approximate surface area is 160 Å². The molecule has 1 aromatic carbocycles. The molecule has 146 valence electrons. The molecule has 0 aliphatic carbocycles. The number of aryl methyl sites for hydroxylation is 2. The van der Waals surface area contributed by atoms with E-state index in [2.05, 4.69) is 17.2 Å². The van der Waals surface area contributed by atoms with Gasteiger partial charge in [-0.25, -0.2) is 4.79 Å². The molecule has 1 heterocycles. The van der Waals surface area contributed by atoms with Crippen molar-refractivity contribution in [1.29, 1.82) is 0 Å². The summed E-state index contributed by atoms with van der Waals surface area (Å²) in [7, 11) is 0. The molecule has 1 fully saturated rings. The van der Waals surface area contributed by atoms with Crippen molar-refractivity contribution in [2.24, 2.45) is 0 Å². The van der Waals surface area contributed by atoms with Gasteiger partial charge in [0.05, 0.1) is 6.04 Å². The fourth-order valence-corrected chi connectivity index (χ4v) is 3.18. The highest BCUT2D eigenvalue weighted by molar-refractivity contribution is 5.97. The van der Waals surface area contributed by atoms with Crippen molar-refractivity contribution in [3.05, 3.63) is 47.5 Å². The minimum absolute atomic E-state index is 0.0161. The van der Waals surface area contributed by atoms with Gasteiger partial charge in [0.2, 0.25) is 5.91 Å². The van der Waals surface area contributed by atoms with Gasteiger partial charge in [0, 0.05) is 38.3 Å². The second kappa shape index (κ2) is 9.32. The van der Waals surface area contributed by atoms with E-state index >= 15 is 0 Å². The maximum Gasteiger partial charge on any atom is 0.321 e. The van der Waals surface area contributed by atoms with Crippen LogP contribution in [0.4, 0.5) is 4.79 Å². The molecule has 1 aromatic rings. The zero-order valence-electron chi connectivity index (χ0n) is 16.2. The highest BCUT2D eigenvalue weighted by Crippen LogP contribution is 2.14. The number of hydrogen-bond donors (Lipinski definition) is 2. The third-order valence-electron chi connectivity index (χ3n) is 4.64. The van der Waals surface area contributed by atoms with E-state index in [0.717, 1.165) is 11.1 Å². The lowest BCUT2D eigenvalue weighted by Crippen LogP contribution is -2.56. The molecular weight excluding hydrogens is 344 g/mol. The van der Waals surface area contributed by atoms with Crippen LogP contribution in [0, 0.1) is 13.8 Å². The minimum atomic E-state index is -0.532. The van der Waals surface area contributed by atoms with Crippen molar-refractivity contribution in [2.75, 3.05) is 32.7 Å². The number of carbonyl (C=O) groups excluding carboxylic acids is 3. The summed E-state index contributed by atoms with van der Waals surface area (Å²) in [6.07, 6.45) is 1.54. The number of benzene rings is 1. The highest BCUT2D eigenvalue weighted by Gasteiger charge is 2.28. The first-order valence-corrected chi connectivity index (χ1v) is 9.13. The number of carbonyl (C=O) groups is 3. The number of urea groups is 1. The smallest absolute Gasteiger partial charge is 0.321 e. The normalized spacial score (nSPS) is 15.7. The lowest BCUT2D eigenvalue weighted by Gasteiger charge is -2.37. The Morgan fingerprint density at radius 2 is 1.70 bits per heavy atom. The molecule has 1 saturated heterocycles. The number of amides is 4. The van der Waals surface area contributed by atoms with Crippen LogP contribution in [0.5, 0.6) is 0 Å². The van der Waals surface area contributed by atoms with Gasteiger partial charge in [-0.15, -0.1) is 6.58 Å². The van der Waals surface area contributed by atoms with Crippen molar-refractivity contribution in [3.63, 3.8) is 0 Å². The van der Waals surface area contributed by atoms with E-state index in [1.165, 1.54) is 0 Å². The molecule has 2 rings (SSSR count). The zero-order valence-corrected chi connectivity index (χ0v) is 16.2. The fraction of sp³-hybridized carbons (Fsp3) is 0.450. The van der Waals surface area contributed by atoms with E-state index in [0.29, 0.717) is 38.3 Å². The summed E-state index contributed by atoms with van der Waals surface area (Å²) >= 11 is 0. The van der Waals surface area contributed by atoms with Crippen LogP contribution in [0.3, 0.4) is 0 Å². The van der Waals surface area contributed by atoms with E-state index in [4.69, 9.17) is 0 Å². The molecular formula is C20H28N4O3. The number of nitrogens with zero attached hydrogens (tertiary/aromatic N) is 2. The molecule has 0 bridgehead atoms. The van der Waals surface area contributed by atoms with Crippen molar-refractivity contribution in [1.82, 2.24) is 20.4 Å². The van der Waals surface area contributed by atoms with Gasteiger partial charge in [-0.1, -0.05) is 23.3 Å². The Morgan fingerprint density at radius 1 is 1.11 bits per heavy atom. The summed E-state index contributed by atoms with van der Waals surface area (Å²) in [6.45, 7) is 11.8. The van der Waals surface area contributed by atoms with Gasteiger partial charge in [-0.2, -0.15) is 0 Å². The summed E-state index contributed by atoms with van der Waals surface area (Å²) in [5.41, 5.74) is 2.83. The Balaban J connectivity index is 1.88. The van der Waals surface area contributed by atoms with Crippen LogP contribution in [-0.2, 0) is 4.79 Å². The summed E-state index contributed by atoms with van der Waals surface area (Å²) in [5, 5.41) is 4.84. The topological polar surface area (TPSA) is 81.8 Å². The molecule has 7 nitrogen and oxygen atoms in total. The van der Waals surface area contributed by atoms with E-state index in [1.807, 2.05) is 41.8 Å². The molecule has 1 unspecified atom stereocenters. The lowest BCUT2D eigenvalue weighted by molar-refractivity contribution is -0.125. The van der Waals surface area contributed by atoms with Crippen LogP contribution in [0.2, 0.25) is 0 Å². The SMILES string of the molecule is C=CCNC(=O)NC(=O)C(C)N1CCN(C(=O)c2cc(C)cc(C)c2)CC1. The van der Waals surface area contributed by atoms with Crippen LogP contribution in [0.1, 0.15) is 28.4 Å². The molecule has 1 atom stereocenters. The second-order valence-corrected chi connectivity index (χ2v) is 6.87. The summed E-state index contributed by atoms with van der Waals surface area (Å²) in [4.78, 5) is 40.3. The molecule has 4 amide bonds. The van der Waals surface area contributed by atoms with E-state index in [1.54, 1.807) is 13.0 Å². The summed E-state index contributed by atoms with van der Waals surface area (Å²) in [6, 6.07) is 4.87. The maximum atomic E-state index is 12.7. The standard InChI is InChI=1S/C20H28N4O3/c1-5-6-21-20(27)22-18(25)16(4)23-7-9-24(10-8-23)19(26)17-12-14(2)11-15(3)13-17/h5,11-13,16H,1,6-10H2,2-4H3,(H2,21,22,25,27). The van der Waals surface area contributed by atoms with Gasteiger partial charge in [0.25, 0.3) is 5.91 Å². The van der Waals surface area contributed by atoms with Crippen molar-refractivity contribution >= 4 is 17.8 Å².